The van der Waals surface area contributed by atoms with Crippen LogP contribution in [0.15, 0.2) is 194 Å². The lowest BCUT2D eigenvalue weighted by atomic mass is 9.97. The van der Waals surface area contributed by atoms with Crippen LogP contribution in [0.5, 0.6) is 17.2 Å². The number of benzene rings is 7. The molecule has 2 heterocycles. The van der Waals surface area contributed by atoms with Crippen molar-refractivity contribution in [2.24, 2.45) is 0 Å². The van der Waals surface area contributed by atoms with Crippen LogP contribution in [0.25, 0.3) is 0 Å². The standard InChI is InChI=1S/C55H50O10/c56-53(45-31-46(57-33-39-19-7-1-8-20-39)49(59-35-41-23-11-3-12-24-41)47(32-45)58-34-40-21-9-2-10-22-40)65-55-52(61-37-43-27-15-5-16-28-43)51(60-36-42-25-13-4-14-26-42)50-48(63-55)38-62-54(64-50)44-29-17-6-18-30-44/h1-32,48,50-52,54-55H,33-38H2/t48?,50-,51?,52?,54?,55+/m1/s1. The molecule has 2 aliphatic rings. The van der Waals surface area contributed by atoms with Crippen LogP contribution in [0.4, 0.5) is 0 Å². The third-order valence-corrected chi connectivity index (χ3v) is 11.1. The van der Waals surface area contributed by atoms with Gasteiger partial charge in [0, 0.05) is 5.56 Å². The van der Waals surface area contributed by atoms with Gasteiger partial charge in [-0.2, -0.15) is 0 Å². The van der Waals surface area contributed by atoms with Gasteiger partial charge >= 0.3 is 5.97 Å². The highest BCUT2D eigenvalue weighted by atomic mass is 16.8. The molecule has 0 bridgehead atoms. The van der Waals surface area contributed by atoms with Crippen molar-refractivity contribution in [2.45, 2.75) is 70.0 Å². The van der Waals surface area contributed by atoms with E-state index in [1.54, 1.807) is 12.1 Å². The first-order valence-electron chi connectivity index (χ1n) is 21.8. The summed E-state index contributed by atoms with van der Waals surface area (Å²) < 4.78 is 58.9. The second-order valence-corrected chi connectivity index (χ2v) is 15.8. The zero-order valence-electron chi connectivity index (χ0n) is 35.8. The first-order chi connectivity index (χ1) is 32.1. The van der Waals surface area contributed by atoms with E-state index in [9.17, 15) is 4.79 Å². The third kappa shape index (κ3) is 11.5. The minimum absolute atomic E-state index is 0.150. The van der Waals surface area contributed by atoms with Crippen LogP contribution in [0.2, 0.25) is 0 Å². The van der Waals surface area contributed by atoms with E-state index in [1.807, 2.05) is 182 Å². The van der Waals surface area contributed by atoms with Crippen LogP contribution >= 0.6 is 0 Å². The van der Waals surface area contributed by atoms with Gasteiger partial charge < -0.3 is 42.6 Å². The molecule has 4 unspecified atom stereocenters. The van der Waals surface area contributed by atoms with Crippen LogP contribution in [0, 0.1) is 0 Å². The number of rotatable bonds is 18. The molecule has 7 aromatic carbocycles. The summed E-state index contributed by atoms with van der Waals surface area (Å²) in [6.07, 6.45) is -4.93. The average Bonchev–Trinajstić information content (AvgIpc) is 3.37. The van der Waals surface area contributed by atoms with Gasteiger partial charge in [0.15, 0.2) is 17.8 Å². The molecule has 2 fully saturated rings. The predicted octanol–water partition coefficient (Wildman–Crippen LogP) is 10.6. The lowest BCUT2D eigenvalue weighted by Gasteiger charge is -2.48. The van der Waals surface area contributed by atoms with Crippen molar-refractivity contribution in [3.63, 3.8) is 0 Å². The van der Waals surface area contributed by atoms with Gasteiger partial charge in [-0.15, -0.1) is 0 Å². The van der Waals surface area contributed by atoms with Crippen molar-refractivity contribution < 1.29 is 47.4 Å². The Kier molecular flexibility index (Phi) is 14.5. The van der Waals surface area contributed by atoms with E-state index in [4.69, 9.17) is 42.6 Å². The van der Waals surface area contributed by atoms with E-state index in [2.05, 4.69) is 0 Å². The molecular formula is C55H50O10. The Labute approximate surface area is 379 Å². The van der Waals surface area contributed by atoms with Crippen molar-refractivity contribution in [1.29, 1.82) is 0 Å². The van der Waals surface area contributed by atoms with Crippen molar-refractivity contribution in [3.8, 4) is 17.2 Å². The minimum atomic E-state index is -1.25. The van der Waals surface area contributed by atoms with Gasteiger partial charge in [0.2, 0.25) is 12.0 Å². The molecule has 9 rings (SSSR count). The first-order valence-corrected chi connectivity index (χ1v) is 21.8. The molecule has 0 N–H and O–H groups in total. The molecule has 0 amide bonds. The monoisotopic (exact) mass is 870 g/mol. The summed E-state index contributed by atoms with van der Waals surface area (Å²) >= 11 is 0. The second kappa shape index (κ2) is 21.7. The van der Waals surface area contributed by atoms with Crippen LogP contribution < -0.4 is 14.2 Å². The summed E-state index contributed by atoms with van der Waals surface area (Å²) in [5, 5.41) is 0. The number of ether oxygens (including phenoxy) is 9. The third-order valence-electron chi connectivity index (χ3n) is 11.1. The molecule has 10 heteroatoms. The Bertz CT molecular complexity index is 2460. The van der Waals surface area contributed by atoms with Gasteiger partial charge in [-0.25, -0.2) is 4.79 Å². The molecule has 0 aliphatic carbocycles. The molecular weight excluding hydrogens is 821 g/mol. The Balaban J connectivity index is 1.05. The largest absolute Gasteiger partial charge is 0.485 e. The predicted molar refractivity (Wildman–Crippen MR) is 243 cm³/mol. The summed E-state index contributed by atoms with van der Waals surface area (Å²) in [6.45, 7) is 1.22. The maximum absolute atomic E-state index is 14.7. The number of hydrogen-bond acceptors (Lipinski definition) is 10. The van der Waals surface area contributed by atoms with E-state index in [-0.39, 0.29) is 45.2 Å². The van der Waals surface area contributed by atoms with Crippen LogP contribution in [-0.2, 0) is 61.5 Å². The highest BCUT2D eigenvalue weighted by molar-refractivity contribution is 5.91. The molecule has 10 nitrogen and oxygen atoms in total. The van der Waals surface area contributed by atoms with Gasteiger partial charge in [-0.05, 0) is 39.9 Å². The molecule has 7 aromatic rings. The normalized spacial score (nSPS) is 20.2. The van der Waals surface area contributed by atoms with E-state index >= 15 is 0 Å². The lowest BCUT2D eigenvalue weighted by Crippen LogP contribution is -2.63. The van der Waals surface area contributed by atoms with Crippen LogP contribution in [-0.4, -0.2) is 43.3 Å². The Hall–Kier alpha value is -6.79. The zero-order chi connectivity index (χ0) is 44.0. The maximum atomic E-state index is 14.7. The van der Waals surface area contributed by atoms with Gasteiger partial charge in [-0.1, -0.05) is 182 Å². The summed E-state index contributed by atoms with van der Waals surface area (Å²) in [6, 6.07) is 62.0. The molecule has 0 saturated carbocycles. The van der Waals surface area contributed by atoms with Crippen molar-refractivity contribution in [3.05, 3.63) is 233 Å². The van der Waals surface area contributed by atoms with Gasteiger partial charge in [0.25, 0.3) is 0 Å². The molecule has 0 radical (unpaired) electrons. The molecule has 330 valence electrons. The fourth-order valence-corrected chi connectivity index (χ4v) is 7.75. The number of hydrogen-bond donors (Lipinski definition) is 0. The van der Waals surface area contributed by atoms with E-state index in [0.29, 0.717) is 17.2 Å². The Morgan fingerprint density at radius 1 is 0.477 bits per heavy atom. The smallest absolute Gasteiger partial charge is 0.340 e. The number of carbonyl (C=O) groups excluding carboxylic acids is 1. The highest BCUT2D eigenvalue weighted by Crippen LogP contribution is 2.42. The summed E-state index contributed by atoms with van der Waals surface area (Å²) in [7, 11) is 0. The van der Waals surface area contributed by atoms with E-state index < -0.39 is 43.0 Å². The molecule has 65 heavy (non-hydrogen) atoms. The number of esters is 1. The lowest BCUT2D eigenvalue weighted by molar-refractivity contribution is -0.364. The molecule has 0 spiro atoms. The second-order valence-electron chi connectivity index (χ2n) is 15.8. The Morgan fingerprint density at radius 2 is 0.892 bits per heavy atom. The molecule has 2 saturated heterocycles. The van der Waals surface area contributed by atoms with Gasteiger partial charge in [0.1, 0.15) is 44.2 Å². The maximum Gasteiger partial charge on any atom is 0.340 e. The fraction of sp³-hybridized carbons (Fsp3) is 0.218. The SMILES string of the molecule is O=C(O[C@@H]1OC2COC(c3ccccc3)O[C@H]2C(OCc2ccccc2)C1OCc1ccccc1)c1cc(OCc2ccccc2)c(OCc2ccccc2)c(OCc2ccccc2)c1. The summed E-state index contributed by atoms with van der Waals surface area (Å²) in [5.74, 6) is 0.242. The van der Waals surface area contributed by atoms with Crippen molar-refractivity contribution in [1.82, 2.24) is 0 Å². The number of carbonyl (C=O) groups is 1. The topological polar surface area (TPSA) is 100 Å². The molecule has 0 aromatic heterocycles. The summed E-state index contributed by atoms with van der Waals surface area (Å²) in [5.41, 5.74) is 5.69. The minimum Gasteiger partial charge on any atom is -0.485 e. The fourth-order valence-electron chi connectivity index (χ4n) is 7.75. The Morgan fingerprint density at radius 3 is 1.37 bits per heavy atom. The van der Waals surface area contributed by atoms with Gasteiger partial charge in [-0.3, -0.25) is 0 Å². The van der Waals surface area contributed by atoms with Crippen LogP contribution in [0.1, 0.15) is 50.0 Å². The summed E-state index contributed by atoms with van der Waals surface area (Å²) in [4.78, 5) is 14.7. The first kappa shape index (κ1) is 43.5. The average molecular weight is 871 g/mol. The molecule has 2 aliphatic heterocycles. The number of fused-ring (bicyclic) bond motifs is 1. The van der Waals surface area contributed by atoms with Crippen LogP contribution in [0.3, 0.4) is 0 Å². The molecule has 6 atom stereocenters. The zero-order valence-corrected chi connectivity index (χ0v) is 35.8. The quantitative estimate of drug-likeness (QED) is 0.0775. The van der Waals surface area contributed by atoms with Gasteiger partial charge in [0.05, 0.1) is 25.4 Å². The van der Waals surface area contributed by atoms with E-state index in [0.717, 1.165) is 33.4 Å². The van der Waals surface area contributed by atoms with Crippen molar-refractivity contribution >= 4 is 5.97 Å². The van der Waals surface area contributed by atoms with Crippen molar-refractivity contribution in [2.75, 3.05) is 6.61 Å². The van der Waals surface area contributed by atoms with E-state index in [1.165, 1.54) is 0 Å². The highest BCUT2D eigenvalue weighted by Gasteiger charge is 2.53.